The van der Waals surface area contributed by atoms with Crippen molar-refractivity contribution in [2.45, 2.75) is 18.8 Å². The molecular weight excluding hydrogens is 285 g/mol. The molecular formula is C10H5F7O2. The molecule has 0 unspecified atom stereocenters. The van der Waals surface area contributed by atoms with Crippen molar-refractivity contribution in [3.8, 4) is 5.75 Å². The molecule has 0 aliphatic carbocycles. The minimum atomic E-state index is -5.05. The van der Waals surface area contributed by atoms with Gasteiger partial charge in [-0.1, -0.05) is 0 Å². The molecule has 1 rings (SSSR count). The van der Waals surface area contributed by atoms with Crippen LogP contribution in [0.5, 0.6) is 5.75 Å². The fourth-order valence-corrected chi connectivity index (χ4v) is 1.12. The molecule has 0 spiro atoms. The lowest BCUT2D eigenvalue weighted by Crippen LogP contribution is -2.19. The Kier molecular flexibility index (Phi) is 4.06. The predicted octanol–water partition coefficient (Wildman–Crippen LogP) is 3.70. The first kappa shape index (κ1) is 15.3. The number of halogens is 7. The Labute approximate surface area is 101 Å². The van der Waals surface area contributed by atoms with Crippen LogP contribution in [0.4, 0.5) is 30.7 Å². The lowest BCUT2D eigenvalue weighted by Gasteiger charge is -2.11. The number of benzene rings is 1. The molecule has 2 nitrogen and oxygen atoms in total. The molecule has 1 aromatic carbocycles. The maximum absolute atomic E-state index is 12.8. The van der Waals surface area contributed by atoms with Crippen LogP contribution < -0.4 is 4.74 Å². The minimum Gasteiger partial charge on any atom is -0.426 e. The van der Waals surface area contributed by atoms with Crippen molar-refractivity contribution in [2.24, 2.45) is 0 Å². The van der Waals surface area contributed by atoms with Crippen LogP contribution in [0.25, 0.3) is 0 Å². The maximum atomic E-state index is 12.8. The molecule has 0 saturated heterocycles. The molecule has 0 saturated carbocycles. The van der Waals surface area contributed by atoms with Crippen LogP contribution in [-0.4, -0.2) is 12.1 Å². The first-order chi connectivity index (χ1) is 8.49. The molecule has 106 valence electrons. The number of hydrogen-bond acceptors (Lipinski definition) is 2. The van der Waals surface area contributed by atoms with Crippen LogP contribution in [0.15, 0.2) is 18.2 Å². The Morgan fingerprint density at radius 2 is 1.68 bits per heavy atom. The smallest absolute Gasteiger partial charge is 0.419 e. The summed E-state index contributed by atoms with van der Waals surface area (Å²) in [5, 5.41) is 0. The monoisotopic (exact) mass is 290 g/mol. The summed E-state index contributed by atoms with van der Waals surface area (Å²) in [6, 6.07) is 1.08. The number of carbonyl (C=O) groups is 1. The Morgan fingerprint density at radius 3 is 2.16 bits per heavy atom. The van der Waals surface area contributed by atoms with E-state index in [4.69, 9.17) is 0 Å². The third kappa shape index (κ3) is 4.76. The molecule has 0 amide bonds. The van der Waals surface area contributed by atoms with Gasteiger partial charge in [-0.25, -0.2) is 4.39 Å². The zero-order chi connectivity index (χ0) is 14.8. The summed E-state index contributed by atoms with van der Waals surface area (Å²) in [5.74, 6) is -4.22. The Bertz CT molecular complexity index is 476. The van der Waals surface area contributed by atoms with Gasteiger partial charge in [0.15, 0.2) is 0 Å². The van der Waals surface area contributed by atoms with Gasteiger partial charge in [0.1, 0.15) is 18.0 Å². The highest BCUT2D eigenvalue weighted by atomic mass is 19.4. The molecule has 19 heavy (non-hydrogen) atoms. The van der Waals surface area contributed by atoms with E-state index < -0.39 is 41.9 Å². The van der Waals surface area contributed by atoms with Gasteiger partial charge in [-0.05, 0) is 18.2 Å². The lowest BCUT2D eigenvalue weighted by molar-refractivity contribution is -0.164. The van der Waals surface area contributed by atoms with E-state index in [0.29, 0.717) is 12.1 Å². The van der Waals surface area contributed by atoms with E-state index in [-0.39, 0.29) is 6.07 Å². The average Bonchev–Trinajstić information content (AvgIpc) is 2.16. The molecule has 0 N–H and O–H groups in total. The van der Waals surface area contributed by atoms with Crippen molar-refractivity contribution in [1.82, 2.24) is 0 Å². The highest BCUT2D eigenvalue weighted by Gasteiger charge is 2.35. The third-order valence-corrected chi connectivity index (χ3v) is 1.82. The fraction of sp³-hybridized carbons (Fsp3) is 0.300. The minimum absolute atomic E-state index is 0.115. The number of ether oxygens (including phenoxy) is 1. The fourth-order valence-electron chi connectivity index (χ4n) is 1.12. The molecule has 9 heteroatoms. The summed E-state index contributed by atoms with van der Waals surface area (Å²) < 4.78 is 89.1. The van der Waals surface area contributed by atoms with Crippen LogP contribution in [0.3, 0.4) is 0 Å². The van der Waals surface area contributed by atoms with Crippen molar-refractivity contribution < 1.29 is 40.3 Å². The summed E-state index contributed by atoms with van der Waals surface area (Å²) >= 11 is 0. The number of esters is 1. The molecule has 0 aliphatic rings. The first-order valence-corrected chi connectivity index (χ1v) is 4.63. The topological polar surface area (TPSA) is 26.3 Å². The van der Waals surface area contributed by atoms with E-state index in [2.05, 4.69) is 4.74 Å². The summed E-state index contributed by atoms with van der Waals surface area (Å²) in [7, 11) is 0. The summed E-state index contributed by atoms with van der Waals surface area (Å²) in [5.41, 5.74) is -1.73. The SMILES string of the molecule is O=C(CC(F)(F)F)Oc1ccc(F)c(C(F)(F)F)c1. The lowest BCUT2D eigenvalue weighted by atomic mass is 10.2. The quantitative estimate of drug-likeness (QED) is 0.471. The molecule has 0 bridgehead atoms. The van der Waals surface area contributed by atoms with Gasteiger partial charge in [0.25, 0.3) is 0 Å². The summed E-state index contributed by atoms with van der Waals surface area (Å²) in [6.45, 7) is 0. The van der Waals surface area contributed by atoms with Gasteiger partial charge >= 0.3 is 18.3 Å². The second-order valence-electron chi connectivity index (χ2n) is 3.41. The summed E-state index contributed by atoms with van der Waals surface area (Å²) in [4.78, 5) is 10.8. The Morgan fingerprint density at radius 1 is 1.11 bits per heavy atom. The number of carbonyl (C=O) groups excluding carboxylic acids is 1. The highest BCUT2D eigenvalue weighted by molar-refractivity contribution is 5.73. The van der Waals surface area contributed by atoms with Crippen LogP contribution in [0, 0.1) is 5.82 Å². The van der Waals surface area contributed by atoms with Crippen molar-refractivity contribution in [2.75, 3.05) is 0 Å². The van der Waals surface area contributed by atoms with Crippen molar-refractivity contribution >= 4 is 5.97 Å². The van der Waals surface area contributed by atoms with Crippen LogP contribution in [0.2, 0.25) is 0 Å². The van der Waals surface area contributed by atoms with E-state index in [9.17, 15) is 35.5 Å². The number of rotatable bonds is 2. The zero-order valence-electron chi connectivity index (χ0n) is 8.90. The predicted molar refractivity (Wildman–Crippen MR) is 47.7 cm³/mol. The van der Waals surface area contributed by atoms with Gasteiger partial charge in [-0.15, -0.1) is 0 Å². The molecule has 1 aromatic rings. The number of hydrogen-bond donors (Lipinski definition) is 0. The summed E-state index contributed by atoms with van der Waals surface area (Å²) in [6.07, 6.45) is -11.8. The van der Waals surface area contributed by atoms with Crippen LogP contribution in [0.1, 0.15) is 12.0 Å². The maximum Gasteiger partial charge on any atom is 0.419 e. The molecule has 0 aliphatic heterocycles. The second-order valence-corrected chi connectivity index (χ2v) is 3.41. The molecule has 0 aromatic heterocycles. The molecule has 0 heterocycles. The zero-order valence-corrected chi connectivity index (χ0v) is 8.90. The van der Waals surface area contributed by atoms with Gasteiger partial charge in [-0.3, -0.25) is 4.79 Å². The first-order valence-electron chi connectivity index (χ1n) is 4.63. The van der Waals surface area contributed by atoms with Gasteiger partial charge < -0.3 is 4.74 Å². The van der Waals surface area contributed by atoms with Gasteiger partial charge in [0.2, 0.25) is 0 Å². The van der Waals surface area contributed by atoms with E-state index in [1.54, 1.807) is 0 Å². The van der Waals surface area contributed by atoms with E-state index >= 15 is 0 Å². The highest BCUT2D eigenvalue weighted by Crippen LogP contribution is 2.33. The standard InChI is InChI=1S/C10H5F7O2/c11-7-2-1-5(3-6(7)10(15,16)17)19-8(18)4-9(12,13)14/h1-3H,4H2. The van der Waals surface area contributed by atoms with Crippen LogP contribution >= 0.6 is 0 Å². The van der Waals surface area contributed by atoms with E-state index in [1.165, 1.54) is 0 Å². The largest absolute Gasteiger partial charge is 0.426 e. The Balaban J connectivity index is 2.89. The van der Waals surface area contributed by atoms with Crippen molar-refractivity contribution in [3.05, 3.63) is 29.6 Å². The average molecular weight is 290 g/mol. The third-order valence-electron chi connectivity index (χ3n) is 1.82. The van der Waals surface area contributed by atoms with Crippen molar-refractivity contribution in [3.63, 3.8) is 0 Å². The molecule has 0 radical (unpaired) electrons. The molecule has 0 fully saturated rings. The van der Waals surface area contributed by atoms with E-state index in [1.807, 2.05) is 0 Å². The second kappa shape index (κ2) is 5.06. The van der Waals surface area contributed by atoms with Gasteiger partial charge in [-0.2, -0.15) is 26.3 Å². The van der Waals surface area contributed by atoms with E-state index in [0.717, 1.165) is 0 Å². The molecule has 0 atom stereocenters. The van der Waals surface area contributed by atoms with Gasteiger partial charge in [0, 0.05) is 0 Å². The normalized spacial score (nSPS) is 12.4. The van der Waals surface area contributed by atoms with Crippen LogP contribution in [-0.2, 0) is 11.0 Å². The Hall–Kier alpha value is -1.80. The van der Waals surface area contributed by atoms with Gasteiger partial charge in [0.05, 0.1) is 5.56 Å². The van der Waals surface area contributed by atoms with Crippen molar-refractivity contribution in [1.29, 1.82) is 0 Å². The number of alkyl halides is 6.